The highest BCUT2D eigenvalue weighted by atomic mass is 32.2. The molecule has 4 nitrogen and oxygen atoms in total. The van der Waals surface area contributed by atoms with E-state index in [9.17, 15) is 9.90 Å². The largest absolute Gasteiger partial charge is 0.465 e. The summed E-state index contributed by atoms with van der Waals surface area (Å²) in [6.45, 7) is 3.24. The first-order valence-corrected chi connectivity index (χ1v) is 7.35. The normalized spacial score (nSPS) is 32.4. The maximum atomic E-state index is 12.2. The highest BCUT2D eigenvalue weighted by molar-refractivity contribution is 7.99. The Morgan fingerprint density at radius 2 is 2.12 bits per heavy atom. The average Bonchev–Trinajstić information content (AvgIpc) is 2.81. The van der Waals surface area contributed by atoms with E-state index in [0.29, 0.717) is 44.8 Å². The van der Waals surface area contributed by atoms with Crippen molar-refractivity contribution < 1.29 is 19.4 Å². The lowest BCUT2D eigenvalue weighted by Gasteiger charge is -2.44. The fourth-order valence-corrected chi connectivity index (χ4v) is 4.26. The Labute approximate surface area is 106 Å². The molecule has 0 aromatic carbocycles. The van der Waals surface area contributed by atoms with Crippen LogP contribution in [0.1, 0.15) is 26.2 Å². The van der Waals surface area contributed by atoms with Crippen LogP contribution in [0, 0.1) is 5.41 Å². The molecule has 2 saturated heterocycles. The second-order valence-corrected chi connectivity index (χ2v) is 5.85. The van der Waals surface area contributed by atoms with Crippen LogP contribution in [0.15, 0.2) is 0 Å². The average molecular weight is 260 g/mol. The number of thioether (sulfide) groups is 1. The molecule has 2 heterocycles. The van der Waals surface area contributed by atoms with Gasteiger partial charge in [-0.05, 0) is 19.1 Å². The fraction of sp³-hybridized carbons (Fsp3) is 0.917. The molecule has 17 heavy (non-hydrogen) atoms. The standard InChI is InChI=1S/C12H20O4S/c1-2-16-10(13)11(5-8-17-9-11)12(14)3-6-15-7-4-12/h14H,2-9H2,1H3. The van der Waals surface area contributed by atoms with E-state index in [4.69, 9.17) is 9.47 Å². The summed E-state index contributed by atoms with van der Waals surface area (Å²) in [5, 5.41) is 10.8. The summed E-state index contributed by atoms with van der Waals surface area (Å²) >= 11 is 1.73. The van der Waals surface area contributed by atoms with E-state index >= 15 is 0 Å². The summed E-state index contributed by atoms with van der Waals surface area (Å²) in [5.41, 5.74) is -1.65. The Hall–Kier alpha value is -0.260. The van der Waals surface area contributed by atoms with Gasteiger partial charge in [0.15, 0.2) is 0 Å². The van der Waals surface area contributed by atoms with Gasteiger partial charge in [-0.15, -0.1) is 0 Å². The Morgan fingerprint density at radius 1 is 1.41 bits per heavy atom. The quantitative estimate of drug-likeness (QED) is 0.773. The van der Waals surface area contributed by atoms with E-state index in [2.05, 4.69) is 0 Å². The van der Waals surface area contributed by atoms with Gasteiger partial charge in [0.2, 0.25) is 0 Å². The van der Waals surface area contributed by atoms with Crippen LogP contribution in [-0.4, -0.2) is 48.0 Å². The second-order valence-electron chi connectivity index (χ2n) is 4.75. The van der Waals surface area contributed by atoms with Crippen LogP contribution in [-0.2, 0) is 14.3 Å². The molecule has 0 aliphatic carbocycles. The van der Waals surface area contributed by atoms with Crippen molar-refractivity contribution in [1.29, 1.82) is 0 Å². The number of rotatable bonds is 3. The zero-order valence-electron chi connectivity index (χ0n) is 10.2. The van der Waals surface area contributed by atoms with Crippen LogP contribution >= 0.6 is 11.8 Å². The van der Waals surface area contributed by atoms with Crippen molar-refractivity contribution in [3.05, 3.63) is 0 Å². The number of ether oxygens (including phenoxy) is 2. The highest BCUT2D eigenvalue weighted by Gasteiger charge is 2.58. The molecule has 0 amide bonds. The van der Waals surface area contributed by atoms with E-state index in [0.717, 1.165) is 5.75 Å². The Bertz CT molecular complexity index is 280. The van der Waals surface area contributed by atoms with Crippen molar-refractivity contribution in [2.24, 2.45) is 5.41 Å². The molecule has 5 heteroatoms. The van der Waals surface area contributed by atoms with Gasteiger partial charge < -0.3 is 14.6 Å². The molecule has 98 valence electrons. The van der Waals surface area contributed by atoms with Gasteiger partial charge in [-0.3, -0.25) is 4.79 Å². The van der Waals surface area contributed by atoms with E-state index in [-0.39, 0.29) is 5.97 Å². The third kappa shape index (κ3) is 2.20. The topological polar surface area (TPSA) is 55.8 Å². The van der Waals surface area contributed by atoms with E-state index in [1.54, 1.807) is 11.8 Å². The molecule has 0 saturated carbocycles. The summed E-state index contributed by atoms with van der Waals surface area (Å²) in [6.07, 6.45) is 1.78. The van der Waals surface area contributed by atoms with Crippen molar-refractivity contribution >= 4 is 17.7 Å². The number of hydrogen-bond donors (Lipinski definition) is 1. The van der Waals surface area contributed by atoms with Crippen LogP contribution in [0.25, 0.3) is 0 Å². The SMILES string of the molecule is CCOC(=O)C1(C2(O)CCOCC2)CCSC1. The molecule has 2 fully saturated rings. The van der Waals surface area contributed by atoms with Crippen LogP contribution < -0.4 is 0 Å². The van der Waals surface area contributed by atoms with Gasteiger partial charge in [0.05, 0.1) is 12.2 Å². The Balaban J connectivity index is 2.23. The van der Waals surface area contributed by atoms with Crippen LogP contribution in [0.3, 0.4) is 0 Å². The molecule has 2 aliphatic rings. The van der Waals surface area contributed by atoms with Gasteiger partial charge in [0.25, 0.3) is 0 Å². The van der Waals surface area contributed by atoms with Crippen molar-refractivity contribution in [2.45, 2.75) is 31.8 Å². The predicted octanol–water partition coefficient (Wildman–Crippen LogP) is 1.21. The van der Waals surface area contributed by atoms with Crippen molar-refractivity contribution in [2.75, 3.05) is 31.3 Å². The minimum absolute atomic E-state index is 0.227. The van der Waals surface area contributed by atoms with Gasteiger partial charge in [0.1, 0.15) is 5.41 Å². The number of hydrogen-bond acceptors (Lipinski definition) is 5. The molecule has 0 aromatic heterocycles. The first-order chi connectivity index (χ1) is 8.15. The third-order valence-electron chi connectivity index (χ3n) is 3.90. The second kappa shape index (κ2) is 5.16. The minimum atomic E-state index is -0.943. The van der Waals surface area contributed by atoms with Gasteiger partial charge in [-0.1, -0.05) is 0 Å². The monoisotopic (exact) mass is 260 g/mol. The molecule has 0 aromatic rings. The lowest BCUT2D eigenvalue weighted by atomic mass is 9.67. The fourth-order valence-electron chi connectivity index (χ4n) is 2.74. The molecular formula is C12H20O4S. The van der Waals surface area contributed by atoms with Crippen molar-refractivity contribution in [1.82, 2.24) is 0 Å². The van der Waals surface area contributed by atoms with Gasteiger partial charge in [0, 0.05) is 31.8 Å². The molecule has 0 bridgehead atoms. The summed E-state index contributed by atoms with van der Waals surface area (Å²) in [7, 11) is 0. The summed E-state index contributed by atoms with van der Waals surface area (Å²) < 4.78 is 10.5. The molecule has 0 spiro atoms. The smallest absolute Gasteiger partial charge is 0.315 e. The minimum Gasteiger partial charge on any atom is -0.465 e. The van der Waals surface area contributed by atoms with Crippen LogP contribution in [0.2, 0.25) is 0 Å². The predicted molar refractivity (Wildman–Crippen MR) is 66.0 cm³/mol. The molecule has 1 N–H and O–H groups in total. The number of carbonyl (C=O) groups is 1. The summed E-state index contributed by atoms with van der Waals surface area (Å²) in [4.78, 5) is 12.2. The van der Waals surface area contributed by atoms with E-state index < -0.39 is 11.0 Å². The van der Waals surface area contributed by atoms with Gasteiger partial charge >= 0.3 is 5.97 Å². The molecule has 1 unspecified atom stereocenters. The number of aliphatic hydroxyl groups is 1. The summed E-state index contributed by atoms with van der Waals surface area (Å²) in [6, 6.07) is 0. The zero-order valence-corrected chi connectivity index (χ0v) is 11.1. The highest BCUT2D eigenvalue weighted by Crippen LogP contribution is 2.49. The van der Waals surface area contributed by atoms with E-state index in [1.165, 1.54) is 0 Å². The molecular weight excluding hydrogens is 240 g/mol. The van der Waals surface area contributed by atoms with Gasteiger partial charge in [-0.2, -0.15) is 11.8 Å². The van der Waals surface area contributed by atoms with Crippen LogP contribution in [0.4, 0.5) is 0 Å². The van der Waals surface area contributed by atoms with Gasteiger partial charge in [-0.25, -0.2) is 0 Å². The molecule has 1 atom stereocenters. The Morgan fingerprint density at radius 3 is 2.65 bits per heavy atom. The Kier molecular flexibility index (Phi) is 4.00. The first-order valence-electron chi connectivity index (χ1n) is 6.20. The number of carbonyl (C=O) groups excluding carboxylic acids is 1. The molecule has 2 aliphatic heterocycles. The van der Waals surface area contributed by atoms with E-state index in [1.807, 2.05) is 6.92 Å². The van der Waals surface area contributed by atoms with Crippen molar-refractivity contribution in [3.63, 3.8) is 0 Å². The maximum absolute atomic E-state index is 12.2. The first kappa shape index (κ1) is 13.2. The number of esters is 1. The van der Waals surface area contributed by atoms with Crippen LogP contribution in [0.5, 0.6) is 0 Å². The third-order valence-corrected chi connectivity index (χ3v) is 5.09. The lowest BCUT2D eigenvalue weighted by molar-refractivity contribution is -0.184. The molecule has 0 radical (unpaired) electrons. The maximum Gasteiger partial charge on any atom is 0.315 e. The summed E-state index contributed by atoms with van der Waals surface area (Å²) in [5.74, 6) is 1.36. The van der Waals surface area contributed by atoms with Crippen molar-refractivity contribution in [3.8, 4) is 0 Å². The lowest BCUT2D eigenvalue weighted by Crippen LogP contribution is -2.56. The molecule has 2 rings (SSSR count). The zero-order chi connectivity index (χ0) is 12.4.